The molecule has 2 aromatic rings. The van der Waals surface area contributed by atoms with Crippen LogP contribution >= 0.6 is 27.3 Å². The van der Waals surface area contributed by atoms with Crippen LogP contribution in [0.1, 0.15) is 22.4 Å². The molecule has 1 N–H and O–H groups in total. The van der Waals surface area contributed by atoms with E-state index in [0.29, 0.717) is 6.54 Å². The van der Waals surface area contributed by atoms with Gasteiger partial charge in [0.15, 0.2) is 0 Å². The van der Waals surface area contributed by atoms with Gasteiger partial charge in [-0.1, -0.05) is 18.2 Å². The fourth-order valence-corrected chi connectivity index (χ4v) is 3.25. The molecule has 102 valence electrons. The van der Waals surface area contributed by atoms with E-state index in [-0.39, 0.29) is 5.56 Å². The van der Waals surface area contributed by atoms with Gasteiger partial charge in [-0.25, -0.2) is 8.78 Å². The summed E-state index contributed by atoms with van der Waals surface area (Å²) in [4.78, 5) is 1.31. The Bertz CT molecular complexity index is 528. The standard InChI is InChI=1S/C14H14BrF2NS/c15-13-5-4-12(19-13)6-7-18-9-10-2-1-3-11(8-10)14(16)17/h1-5,8,14,18H,6-7,9H2. The number of halogens is 3. The Labute approximate surface area is 123 Å². The lowest BCUT2D eigenvalue weighted by atomic mass is 10.1. The normalized spacial score (nSPS) is 11.2. The van der Waals surface area contributed by atoms with Gasteiger partial charge in [0, 0.05) is 23.5 Å². The number of hydrogen-bond donors (Lipinski definition) is 1. The minimum Gasteiger partial charge on any atom is -0.312 e. The summed E-state index contributed by atoms with van der Waals surface area (Å²) in [6, 6.07) is 10.7. The predicted molar refractivity (Wildman–Crippen MR) is 78.8 cm³/mol. The molecule has 0 fully saturated rings. The highest BCUT2D eigenvalue weighted by Crippen LogP contribution is 2.22. The van der Waals surface area contributed by atoms with Crippen LogP contribution in [0.2, 0.25) is 0 Å². The molecule has 0 amide bonds. The lowest BCUT2D eigenvalue weighted by Crippen LogP contribution is -2.16. The first-order chi connectivity index (χ1) is 9.15. The first-order valence-electron chi connectivity index (χ1n) is 5.97. The smallest absolute Gasteiger partial charge is 0.263 e. The molecule has 0 aliphatic carbocycles. The van der Waals surface area contributed by atoms with Crippen LogP contribution in [0.25, 0.3) is 0 Å². The van der Waals surface area contributed by atoms with E-state index in [1.54, 1.807) is 23.5 Å². The molecular weight excluding hydrogens is 332 g/mol. The summed E-state index contributed by atoms with van der Waals surface area (Å²) < 4.78 is 26.2. The molecule has 0 unspecified atom stereocenters. The van der Waals surface area contributed by atoms with Gasteiger partial charge >= 0.3 is 0 Å². The van der Waals surface area contributed by atoms with E-state index in [0.717, 1.165) is 22.3 Å². The van der Waals surface area contributed by atoms with E-state index in [1.807, 2.05) is 12.1 Å². The summed E-state index contributed by atoms with van der Waals surface area (Å²) in [6.07, 6.45) is -1.45. The maximum Gasteiger partial charge on any atom is 0.263 e. The van der Waals surface area contributed by atoms with Gasteiger partial charge in [-0.2, -0.15) is 0 Å². The molecule has 0 saturated carbocycles. The van der Waals surface area contributed by atoms with Gasteiger partial charge < -0.3 is 5.32 Å². The molecule has 0 radical (unpaired) electrons. The van der Waals surface area contributed by atoms with E-state index >= 15 is 0 Å². The Hall–Kier alpha value is -0.780. The average molecular weight is 346 g/mol. The lowest BCUT2D eigenvalue weighted by molar-refractivity contribution is 0.151. The Morgan fingerprint density at radius 1 is 1.21 bits per heavy atom. The summed E-state index contributed by atoms with van der Waals surface area (Å²) in [5, 5.41) is 3.27. The van der Waals surface area contributed by atoms with Crippen LogP contribution in [0.15, 0.2) is 40.2 Å². The molecule has 1 aromatic carbocycles. The van der Waals surface area contributed by atoms with Crippen molar-refractivity contribution in [2.24, 2.45) is 0 Å². The van der Waals surface area contributed by atoms with Gasteiger partial charge in [0.2, 0.25) is 0 Å². The summed E-state index contributed by atoms with van der Waals surface area (Å²) in [5.74, 6) is 0. The summed E-state index contributed by atoms with van der Waals surface area (Å²) in [7, 11) is 0. The largest absolute Gasteiger partial charge is 0.312 e. The van der Waals surface area contributed by atoms with Crippen molar-refractivity contribution in [3.05, 3.63) is 56.2 Å². The minimum atomic E-state index is -2.40. The second kappa shape index (κ2) is 7.12. The van der Waals surface area contributed by atoms with Gasteiger partial charge in [0.25, 0.3) is 6.43 Å². The predicted octanol–water partition coefficient (Wildman–Crippen LogP) is 4.78. The molecule has 1 aromatic heterocycles. The summed E-state index contributed by atoms with van der Waals surface area (Å²) in [5.41, 5.74) is 0.978. The topological polar surface area (TPSA) is 12.0 Å². The quantitative estimate of drug-likeness (QED) is 0.743. The van der Waals surface area contributed by atoms with E-state index < -0.39 is 6.43 Å². The van der Waals surface area contributed by atoms with Crippen molar-refractivity contribution in [1.82, 2.24) is 5.32 Å². The summed E-state index contributed by atoms with van der Waals surface area (Å²) in [6.45, 7) is 1.46. The molecule has 0 atom stereocenters. The number of alkyl halides is 2. The third kappa shape index (κ3) is 4.67. The van der Waals surface area contributed by atoms with Crippen molar-refractivity contribution in [2.75, 3.05) is 6.54 Å². The molecule has 0 spiro atoms. The molecule has 0 aliphatic heterocycles. The summed E-state index contributed by atoms with van der Waals surface area (Å²) >= 11 is 5.14. The second-order valence-electron chi connectivity index (χ2n) is 4.18. The van der Waals surface area contributed by atoms with E-state index in [1.165, 1.54) is 10.9 Å². The number of hydrogen-bond acceptors (Lipinski definition) is 2. The fourth-order valence-electron chi connectivity index (χ4n) is 1.77. The Kier molecular flexibility index (Phi) is 5.48. The van der Waals surface area contributed by atoms with Crippen LogP contribution in [0.4, 0.5) is 8.78 Å². The SMILES string of the molecule is FC(F)c1cccc(CNCCc2ccc(Br)s2)c1. The van der Waals surface area contributed by atoms with Crippen LogP contribution in [0.3, 0.4) is 0 Å². The first-order valence-corrected chi connectivity index (χ1v) is 7.58. The van der Waals surface area contributed by atoms with Crippen molar-refractivity contribution in [3.63, 3.8) is 0 Å². The van der Waals surface area contributed by atoms with Crippen LogP contribution in [0.5, 0.6) is 0 Å². The van der Waals surface area contributed by atoms with Crippen LogP contribution < -0.4 is 5.32 Å². The lowest BCUT2D eigenvalue weighted by Gasteiger charge is -2.06. The van der Waals surface area contributed by atoms with Gasteiger partial charge in [0.05, 0.1) is 3.79 Å². The second-order valence-corrected chi connectivity index (χ2v) is 6.73. The van der Waals surface area contributed by atoms with Gasteiger partial charge in [-0.15, -0.1) is 11.3 Å². The highest BCUT2D eigenvalue weighted by Gasteiger charge is 2.06. The maximum absolute atomic E-state index is 12.5. The molecular formula is C14H14BrF2NS. The van der Waals surface area contributed by atoms with E-state index in [2.05, 4.69) is 27.3 Å². The third-order valence-electron chi connectivity index (χ3n) is 2.71. The zero-order valence-corrected chi connectivity index (χ0v) is 12.6. The Morgan fingerprint density at radius 2 is 2.05 bits per heavy atom. The van der Waals surface area contributed by atoms with Gasteiger partial charge in [-0.05, 0) is 46.1 Å². The fraction of sp³-hybridized carbons (Fsp3) is 0.286. The zero-order valence-electron chi connectivity index (χ0n) is 10.2. The number of thiophene rings is 1. The highest BCUT2D eigenvalue weighted by atomic mass is 79.9. The van der Waals surface area contributed by atoms with Crippen molar-refractivity contribution >= 4 is 27.3 Å². The van der Waals surface area contributed by atoms with Crippen molar-refractivity contribution in [2.45, 2.75) is 19.4 Å². The molecule has 0 aliphatic rings. The minimum absolute atomic E-state index is 0.0847. The van der Waals surface area contributed by atoms with Gasteiger partial charge in [-0.3, -0.25) is 0 Å². The molecule has 1 heterocycles. The Morgan fingerprint density at radius 3 is 2.74 bits per heavy atom. The Balaban J connectivity index is 1.78. The molecule has 0 bridgehead atoms. The zero-order chi connectivity index (χ0) is 13.7. The molecule has 1 nitrogen and oxygen atoms in total. The van der Waals surface area contributed by atoms with E-state index in [9.17, 15) is 8.78 Å². The van der Waals surface area contributed by atoms with Crippen molar-refractivity contribution in [3.8, 4) is 0 Å². The van der Waals surface area contributed by atoms with Crippen LogP contribution in [0, 0.1) is 0 Å². The van der Waals surface area contributed by atoms with Crippen LogP contribution in [-0.4, -0.2) is 6.54 Å². The maximum atomic E-state index is 12.5. The first kappa shape index (κ1) is 14.6. The third-order valence-corrected chi connectivity index (χ3v) is 4.39. The number of rotatable bonds is 6. The average Bonchev–Trinajstić information content (AvgIpc) is 2.81. The van der Waals surface area contributed by atoms with E-state index in [4.69, 9.17) is 0 Å². The van der Waals surface area contributed by atoms with Crippen LogP contribution in [-0.2, 0) is 13.0 Å². The number of nitrogens with one attached hydrogen (secondary N) is 1. The molecule has 5 heteroatoms. The van der Waals surface area contributed by atoms with Crippen molar-refractivity contribution in [1.29, 1.82) is 0 Å². The van der Waals surface area contributed by atoms with Gasteiger partial charge in [0.1, 0.15) is 0 Å². The molecule has 0 saturated heterocycles. The number of benzene rings is 1. The van der Waals surface area contributed by atoms with Crippen molar-refractivity contribution < 1.29 is 8.78 Å². The highest BCUT2D eigenvalue weighted by molar-refractivity contribution is 9.11. The molecule has 19 heavy (non-hydrogen) atoms. The molecule has 2 rings (SSSR count). The monoisotopic (exact) mass is 345 g/mol.